The molecule has 1 heterocycles. The fourth-order valence-electron chi connectivity index (χ4n) is 3.87. The molecule has 1 amide bonds. The van der Waals surface area contributed by atoms with Crippen LogP contribution in [0, 0.1) is 5.82 Å². The van der Waals surface area contributed by atoms with Gasteiger partial charge in [-0.2, -0.15) is 4.31 Å². The predicted molar refractivity (Wildman–Crippen MR) is 137 cm³/mol. The number of halogens is 3. The third-order valence-electron chi connectivity index (χ3n) is 5.92. The van der Waals surface area contributed by atoms with Gasteiger partial charge in [0.05, 0.1) is 17.0 Å². The highest BCUT2D eigenvalue weighted by Crippen LogP contribution is 2.38. The van der Waals surface area contributed by atoms with E-state index < -0.39 is 56.1 Å². The Morgan fingerprint density at radius 2 is 1.78 bits per heavy atom. The number of amides is 1. The number of sulfone groups is 1. The molecule has 1 saturated heterocycles. The maximum Gasteiger partial charge on any atom is 0.258 e. The Morgan fingerprint density at radius 1 is 1.14 bits per heavy atom. The lowest BCUT2D eigenvalue weighted by Crippen LogP contribution is -2.53. The Balaban J connectivity index is 1.83. The van der Waals surface area contributed by atoms with E-state index in [1.807, 2.05) is 0 Å². The van der Waals surface area contributed by atoms with Gasteiger partial charge in [-0.15, -0.1) is 0 Å². The van der Waals surface area contributed by atoms with Crippen LogP contribution < -0.4 is 10.1 Å². The number of benzene rings is 2. The SMILES string of the molecule is COc1ccc(S(=O)(=O)N2CCC(F)(C(=O)N[C@H](C)/C=C\S(C)(=O)=O)CC2)c(-c2ccc(F)cc2Cl)c1. The number of sulfonamides is 1. The van der Waals surface area contributed by atoms with Gasteiger partial charge in [0.25, 0.3) is 5.91 Å². The van der Waals surface area contributed by atoms with Crippen LogP contribution in [-0.4, -0.2) is 65.2 Å². The molecular weight excluding hydrogens is 550 g/mol. The van der Waals surface area contributed by atoms with Crippen LogP contribution in [0.25, 0.3) is 11.1 Å². The van der Waals surface area contributed by atoms with Crippen molar-refractivity contribution in [2.75, 3.05) is 26.5 Å². The first kappa shape index (κ1) is 29.0. The van der Waals surface area contributed by atoms with Crippen molar-refractivity contribution in [1.82, 2.24) is 9.62 Å². The average Bonchev–Trinajstić information content (AvgIpc) is 2.82. The molecule has 13 heteroatoms. The second-order valence-corrected chi connectivity index (χ2v) is 13.0. The molecule has 3 rings (SSSR count). The number of nitrogens with zero attached hydrogens (tertiary/aromatic N) is 1. The lowest BCUT2D eigenvalue weighted by Gasteiger charge is -2.35. The van der Waals surface area contributed by atoms with Gasteiger partial charge in [-0.25, -0.2) is 25.6 Å². The van der Waals surface area contributed by atoms with Gasteiger partial charge in [-0.1, -0.05) is 17.7 Å². The van der Waals surface area contributed by atoms with Crippen molar-refractivity contribution in [2.45, 2.75) is 36.4 Å². The van der Waals surface area contributed by atoms with E-state index in [1.54, 1.807) is 0 Å². The molecule has 1 aliphatic heterocycles. The van der Waals surface area contributed by atoms with Gasteiger partial charge < -0.3 is 10.1 Å². The summed E-state index contributed by atoms with van der Waals surface area (Å²) in [4.78, 5) is 12.4. The number of carbonyl (C=O) groups is 1. The first-order valence-electron chi connectivity index (χ1n) is 11.2. The van der Waals surface area contributed by atoms with E-state index in [2.05, 4.69) is 5.32 Å². The van der Waals surface area contributed by atoms with E-state index in [1.165, 1.54) is 44.4 Å². The summed E-state index contributed by atoms with van der Waals surface area (Å²) in [6, 6.07) is 7.08. The predicted octanol–water partition coefficient (Wildman–Crippen LogP) is 3.71. The van der Waals surface area contributed by atoms with Crippen molar-refractivity contribution in [3.8, 4) is 16.9 Å². The van der Waals surface area contributed by atoms with Crippen molar-refractivity contribution in [3.63, 3.8) is 0 Å². The fraction of sp³-hybridized carbons (Fsp3) is 0.375. The summed E-state index contributed by atoms with van der Waals surface area (Å²) in [6.07, 6.45) is 1.41. The zero-order valence-electron chi connectivity index (χ0n) is 20.4. The molecule has 1 N–H and O–H groups in total. The maximum absolute atomic E-state index is 15.5. The number of hydrogen-bond donors (Lipinski definition) is 1. The average molecular weight is 577 g/mol. The monoisotopic (exact) mass is 576 g/mol. The van der Waals surface area contributed by atoms with Crippen LogP contribution in [-0.2, 0) is 24.7 Å². The summed E-state index contributed by atoms with van der Waals surface area (Å²) in [5.74, 6) is -1.18. The number of piperidine rings is 1. The Hall–Kier alpha value is -2.54. The van der Waals surface area contributed by atoms with E-state index in [0.717, 1.165) is 28.1 Å². The number of carbonyl (C=O) groups excluding carboxylic acids is 1. The Bertz CT molecular complexity index is 1420. The number of hydrogen-bond acceptors (Lipinski definition) is 6. The summed E-state index contributed by atoms with van der Waals surface area (Å²) in [5.41, 5.74) is -1.87. The van der Waals surface area contributed by atoms with Gasteiger partial charge in [0.15, 0.2) is 15.5 Å². The first-order chi connectivity index (χ1) is 17.2. The molecule has 37 heavy (non-hydrogen) atoms. The Morgan fingerprint density at radius 3 is 2.35 bits per heavy atom. The van der Waals surface area contributed by atoms with Gasteiger partial charge in [0, 0.05) is 54.8 Å². The van der Waals surface area contributed by atoms with Gasteiger partial charge in [0.2, 0.25) is 10.0 Å². The third kappa shape index (κ3) is 6.86. The molecule has 0 saturated carbocycles. The molecule has 0 unspecified atom stereocenters. The topological polar surface area (TPSA) is 110 Å². The molecule has 8 nitrogen and oxygen atoms in total. The highest BCUT2D eigenvalue weighted by atomic mass is 35.5. The lowest BCUT2D eigenvalue weighted by atomic mass is 9.93. The molecule has 1 atom stereocenters. The summed E-state index contributed by atoms with van der Waals surface area (Å²) in [7, 11) is -6.17. The van der Waals surface area contributed by atoms with Crippen LogP contribution in [0.5, 0.6) is 5.75 Å². The number of methoxy groups -OCH3 is 1. The van der Waals surface area contributed by atoms with Crippen molar-refractivity contribution in [2.24, 2.45) is 0 Å². The highest BCUT2D eigenvalue weighted by molar-refractivity contribution is 7.93. The molecule has 2 aromatic carbocycles. The largest absolute Gasteiger partial charge is 0.497 e. The summed E-state index contributed by atoms with van der Waals surface area (Å²) < 4.78 is 85.0. The molecule has 0 spiro atoms. The normalized spacial score (nSPS) is 17.5. The van der Waals surface area contributed by atoms with Crippen molar-refractivity contribution in [3.05, 3.63) is 58.7 Å². The fourth-order valence-corrected chi connectivity index (χ4v) is 6.29. The van der Waals surface area contributed by atoms with Gasteiger partial charge in [0.1, 0.15) is 11.6 Å². The smallest absolute Gasteiger partial charge is 0.258 e. The van der Waals surface area contributed by atoms with Gasteiger partial charge >= 0.3 is 0 Å². The Kier molecular flexibility index (Phi) is 8.68. The number of ether oxygens (including phenoxy) is 1. The van der Waals surface area contributed by atoms with E-state index >= 15 is 4.39 Å². The van der Waals surface area contributed by atoms with Crippen LogP contribution in [0.3, 0.4) is 0 Å². The second-order valence-electron chi connectivity index (χ2n) is 8.78. The van der Waals surface area contributed by atoms with Crippen molar-refractivity contribution in [1.29, 1.82) is 0 Å². The Labute approximate surface area is 220 Å². The standard InChI is InChI=1S/C24H27ClF2N2O6S2/c1-16(8-13-36(3,31)32)28-23(30)24(27)9-11-29(12-10-24)37(33,34)22-7-5-18(35-2)15-20(22)19-6-4-17(26)14-21(19)25/h4-8,13-16H,9-12H2,1-3H3,(H,28,30)/b13-8-/t16-/m1/s1. The van der Waals surface area contributed by atoms with Crippen molar-refractivity contribution < 1.29 is 35.1 Å². The summed E-state index contributed by atoms with van der Waals surface area (Å²) >= 11 is 6.21. The van der Waals surface area contributed by atoms with Crippen LogP contribution in [0.15, 0.2) is 52.8 Å². The first-order valence-corrected chi connectivity index (χ1v) is 15.0. The number of nitrogens with one attached hydrogen (secondary N) is 1. The zero-order valence-corrected chi connectivity index (χ0v) is 22.8. The number of alkyl halides is 1. The highest BCUT2D eigenvalue weighted by Gasteiger charge is 2.45. The van der Waals surface area contributed by atoms with Crippen LogP contribution in [0.1, 0.15) is 19.8 Å². The molecule has 2 aromatic rings. The van der Waals surface area contributed by atoms with E-state index in [9.17, 15) is 26.0 Å². The quantitative estimate of drug-likeness (QED) is 0.513. The van der Waals surface area contributed by atoms with E-state index in [-0.39, 0.29) is 34.1 Å². The third-order valence-corrected chi connectivity index (χ3v) is 8.84. The summed E-state index contributed by atoms with van der Waals surface area (Å²) in [5, 5.41) is 3.33. The molecule has 1 fully saturated rings. The minimum absolute atomic E-state index is 0.00170. The molecule has 202 valence electrons. The van der Waals surface area contributed by atoms with E-state index in [4.69, 9.17) is 16.3 Å². The molecular formula is C24H27ClF2N2O6S2. The van der Waals surface area contributed by atoms with Gasteiger partial charge in [-0.05, 0) is 43.3 Å². The maximum atomic E-state index is 15.5. The minimum atomic E-state index is -4.17. The van der Waals surface area contributed by atoms with Gasteiger partial charge in [-0.3, -0.25) is 4.79 Å². The van der Waals surface area contributed by atoms with Crippen LogP contribution in [0.2, 0.25) is 5.02 Å². The molecule has 0 radical (unpaired) electrons. The lowest BCUT2D eigenvalue weighted by molar-refractivity contribution is -0.135. The zero-order chi connectivity index (χ0) is 27.6. The molecule has 0 aromatic heterocycles. The minimum Gasteiger partial charge on any atom is -0.497 e. The molecule has 0 bridgehead atoms. The molecule has 1 aliphatic rings. The second kappa shape index (κ2) is 11.1. The molecule has 0 aliphatic carbocycles. The van der Waals surface area contributed by atoms with Crippen LogP contribution in [0.4, 0.5) is 8.78 Å². The van der Waals surface area contributed by atoms with Crippen LogP contribution >= 0.6 is 11.6 Å². The summed E-state index contributed by atoms with van der Waals surface area (Å²) in [6.45, 7) is 0.944. The van der Waals surface area contributed by atoms with E-state index in [0.29, 0.717) is 5.75 Å². The van der Waals surface area contributed by atoms with Crippen molar-refractivity contribution >= 4 is 37.4 Å². The number of rotatable bonds is 8.